The molecule has 6 rings (SSSR count). The molecule has 0 fully saturated rings. The van der Waals surface area contributed by atoms with Gasteiger partial charge in [0.15, 0.2) is 5.65 Å². The number of aromatic nitrogens is 6. The molecule has 0 radical (unpaired) electrons. The van der Waals surface area contributed by atoms with Crippen LogP contribution in [0.15, 0.2) is 47.0 Å². The number of benzene rings is 2. The average Bonchev–Trinajstić information content (AvgIpc) is 3.58. The second-order valence-electron chi connectivity index (χ2n) is 10.3. The highest BCUT2D eigenvalue weighted by Crippen LogP contribution is 2.42. The van der Waals surface area contributed by atoms with Gasteiger partial charge in [-0.05, 0) is 81.6 Å². The second kappa shape index (κ2) is 8.74. The molecule has 198 valence electrons. The lowest BCUT2D eigenvalue weighted by Crippen LogP contribution is -2.15. The van der Waals surface area contributed by atoms with E-state index in [1.54, 1.807) is 20.8 Å². The lowest BCUT2D eigenvalue weighted by Gasteiger charge is -2.22. The number of aliphatic hydroxyl groups is 1. The normalized spacial score (nSPS) is 12.1. The van der Waals surface area contributed by atoms with Gasteiger partial charge in [-0.25, -0.2) is 4.39 Å². The number of halogens is 1. The van der Waals surface area contributed by atoms with Crippen LogP contribution in [0.1, 0.15) is 42.3 Å². The van der Waals surface area contributed by atoms with Gasteiger partial charge in [0.2, 0.25) is 5.89 Å². The van der Waals surface area contributed by atoms with Crippen molar-refractivity contribution in [2.75, 3.05) is 0 Å². The van der Waals surface area contributed by atoms with E-state index in [1.165, 1.54) is 12.1 Å². The lowest BCUT2D eigenvalue weighted by atomic mass is 9.93. The Balaban J connectivity index is 1.65. The van der Waals surface area contributed by atoms with Crippen LogP contribution in [-0.4, -0.2) is 34.9 Å². The fourth-order valence-electron chi connectivity index (χ4n) is 4.85. The summed E-state index contributed by atoms with van der Waals surface area (Å²) >= 11 is 0. The van der Waals surface area contributed by atoms with Crippen LogP contribution in [0.4, 0.5) is 4.39 Å². The molecule has 0 amide bonds. The molecule has 0 aliphatic carbocycles. The minimum Gasteiger partial charge on any atom is -0.456 e. The monoisotopic (exact) mass is 526 g/mol. The van der Waals surface area contributed by atoms with Crippen molar-refractivity contribution in [2.45, 2.75) is 47.1 Å². The highest BCUT2D eigenvalue weighted by molar-refractivity contribution is 6.04. The molecule has 0 spiro atoms. The van der Waals surface area contributed by atoms with E-state index in [9.17, 15) is 9.50 Å². The van der Waals surface area contributed by atoms with E-state index in [1.807, 2.05) is 55.6 Å². The van der Waals surface area contributed by atoms with E-state index >= 15 is 0 Å². The largest absolute Gasteiger partial charge is 0.456 e. The van der Waals surface area contributed by atoms with Gasteiger partial charge in [-0.1, -0.05) is 6.07 Å². The lowest BCUT2D eigenvalue weighted by molar-refractivity contribution is 0.0786. The van der Waals surface area contributed by atoms with E-state index < -0.39 is 5.60 Å². The summed E-state index contributed by atoms with van der Waals surface area (Å²) in [6.45, 7) is 10.7. The molecular weight excluding hydrogens is 499 g/mol. The highest BCUT2D eigenvalue weighted by atomic mass is 19.1. The van der Waals surface area contributed by atoms with Crippen LogP contribution in [0.25, 0.3) is 39.3 Å². The predicted molar refractivity (Wildman–Crippen MR) is 144 cm³/mol. The van der Waals surface area contributed by atoms with Crippen LogP contribution in [0.5, 0.6) is 11.5 Å². The number of ether oxygens (including phenoxy) is 1. The van der Waals surface area contributed by atoms with E-state index in [0.29, 0.717) is 62.7 Å². The maximum Gasteiger partial charge on any atom is 0.264 e. The molecule has 4 aromatic heterocycles. The summed E-state index contributed by atoms with van der Waals surface area (Å²) in [7, 11) is 0. The quantitative estimate of drug-likeness (QED) is 0.270. The zero-order valence-electron chi connectivity index (χ0n) is 22.4. The average molecular weight is 527 g/mol. The number of hydrogen-bond acceptors (Lipinski definition) is 7. The first-order chi connectivity index (χ1) is 18.5. The zero-order chi connectivity index (χ0) is 27.6. The van der Waals surface area contributed by atoms with Gasteiger partial charge in [-0.3, -0.25) is 4.40 Å². The first-order valence-corrected chi connectivity index (χ1v) is 12.5. The van der Waals surface area contributed by atoms with Crippen molar-refractivity contribution >= 4 is 16.6 Å². The third-order valence-corrected chi connectivity index (χ3v) is 6.82. The minimum atomic E-state index is -1.10. The summed E-state index contributed by atoms with van der Waals surface area (Å²) in [4.78, 5) is 3.43. The molecule has 0 bridgehead atoms. The van der Waals surface area contributed by atoms with Crippen molar-refractivity contribution in [3.8, 4) is 34.2 Å². The molecule has 2 aromatic carbocycles. The van der Waals surface area contributed by atoms with Gasteiger partial charge >= 0.3 is 0 Å². The van der Waals surface area contributed by atoms with Crippen molar-refractivity contribution in [1.82, 2.24) is 29.8 Å². The van der Waals surface area contributed by atoms with E-state index in [-0.39, 0.29) is 5.82 Å². The van der Waals surface area contributed by atoms with Crippen molar-refractivity contribution in [1.29, 1.82) is 0 Å². The van der Waals surface area contributed by atoms with Crippen LogP contribution in [0, 0.1) is 33.5 Å². The maximum absolute atomic E-state index is 14.0. The van der Waals surface area contributed by atoms with Gasteiger partial charge in [-0.2, -0.15) is 0 Å². The molecule has 4 heterocycles. The summed E-state index contributed by atoms with van der Waals surface area (Å²) < 4.78 is 28.1. The highest BCUT2D eigenvalue weighted by Gasteiger charge is 2.24. The molecular formula is C29H27FN6O3. The Bertz CT molecular complexity index is 1870. The number of hydrogen-bond donors (Lipinski definition) is 2. The number of nitrogens with one attached hydrogen (secondary N) is 1. The van der Waals surface area contributed by atoms with Crippen molar-refractivity contribution in [2.24, 2.45) is 0 Å². The SMILES string of the molecule is Cc1nnc(-c2cc3c([nH]2)c(-c2cc(C(C)(C)O)ccc2Oc2c(C)cc(F)cc2C)cn2c(C)nnc32)o1. The molecule has 6 aromatic rings. The number of aryl methyl sites for hydroxylation is 4. The molecule has 0 saturated carbocycles. The van der Waals surface area contributed by atoms with Crippen LogP contribution >= 0.6 is 0 Å². The van der Waals surface area contributed by atoms with Crippen LogP contribution in [-0.2, 0) is 5.60 Å². The molecule has 39 heavy (non-hydrogen) atoms. The van der Waals surface area contributed by atoms with E-state index in [4.69, 9.17) is 9.15 Å². The number of pyridine rings is 1. The summed E-state index contributed by atoms with van der Waals surface area (Å²) in [5, 5.41) is 28.5. The predicted octanol–water partition coefficient (Wildman–Crippen LogP) is 6.32. The fraction of sp³-hybridized carbons (Fsp3) is 0.241. The fourth-order valence-corrected chi connectivity index (χ4v) is 4.85. The molecule has 9 nitrogen and oxygen atoms in total. The molecule has 0 aliphatic heterocycles. The first kappa shape index (κ1) is 24.7. The van der Waals surface area contributed by atoms with Gasteiger partial charge in [0.05, 0.1) is 11.1 Å². The Morgan fingerprint density at radius 2 is 1.69 bits per heavy atom. The smallest absolute Gasteiger partial charge is 0.264 e. The van der Waals surface area contributed by atoms with Crippen LogP contribution in [0.2, 0.25) is 0 Å². The summed E-state index contributed by atoms with van der Waals surface area (Å²) in [5.41, 5.74) is 4.49. The van der Waals surface area contributed by atoms with Gasteiger partial charge in [0.1, 0.15) is 28.8 Å². The molecule has 10 heteroatoms. The number of H-pyrrole nitrogens is 1. The number of rotatable bonds is 5. The molecule has 2 N–H and O–H groups in total. The Hall–Kier alpha value is -4.57. The van der Waals surface area contributed by atoms with E-state index in [0.717, 1.165) is 16.5 Å². The number of fused-ring (bicyclic) bond motifs is 3. The second-order valence-corrected chi connectivity index (χ2v) is 10.3. The molecule has 0 atom stereocenters. The van der Waals surface area contributed by atoms with Gasteiger partial charge in [0.25, 0.3) is 5.89 Å². The zero-order valence-corrected chi connectivity index (χ0v) is 22.4. The number of aromatic amines is 1. The van der Waals surface area contributed by atoms with E-state index in [2.05, 4.69) is 25.4 Å². The first-order valence-electron chi connectivity index (χ1n) is 12.5. The van der Waals surface area contributed by atoms with Crippen molar-refractivity contribution in [3.63, 3.8) is 0 Å². The maximum atomic E-state index is 14.0. The molecule has 0 saturated heterocycles. The standard InChI is InChI=1S/C29H27FN6O3/c1-14-9-19(30)10-15(2)26(14)39-24-8-7-18(29(5,6)37)11-20(24)22-13-36-16(3)32-34-27(36)21-12-23(31-25(21)22)28-35-33-17(4)38-28/h7-13,31,37H,1-6H3. The van der Waals surface area contributed by atoms with Gasteiger partial charge in [-0.15, -0.1) is 20.4 Å². The Labute approximate surface area is 223 Å². The van der Waals surface area contributed by atoms with Gasteiger partial charge in [0, 0.05) is 29.6 Å². The van der Waals surface area contributed by atoms with Crippen LogP contribution in [0.3, 0.4) is 0 Å². The summed E-state index contributed by atoms with van der Waals surface area (Å²) in [5.74, 6) is 2.29. The van der Waals surface area contributed by atoms with Crippen LogP contribution < -0.4 is 4.74 Å². The third kappa shape index (κ3) is 4.22. The minimum absolute atomic E-state index is 0.319. The van der Waals surface area contributed by atoms with Crippen molar-refractivity contribution in [3.05, 3.63) is 76.8 Å². The summed E-state index contributed by atoms with van der Waals surface area (Å²) in [6.07, 6.45) is 1.94. The van der Waals surface area contributed by atoms with Crippen molar-refractivity contribution < 1.29 is 18.7 Å². The summed E-state index contributed by atoms with van der Waals surface area (Å²) in [6, 6.07) is 10.4. The Kier molecular flexibility index (Phi) is 5.55. The Morgan fingerprint density at radius 1 is 0.949 bits per heavy atom. The molecule has 0 aliphatic rings. The van der Waals surface area contributed by atoms with Gasteiger partial charge < -0.3 is 19.2 Å². The Morgan fingerprint density at radius 3 is 2.36 bits per heavy atom. The topological polar surface area (TPSA) is 114 Å². The number of nitrogens with zero attached hydrogens (tertiary/aromatic N) is 5. The third-order valence-electron chi connectivity index (χ3n) is 6.82. The molecule has 0 unspecified atom stereocenters.